The molecule has 2 rings (SSSR count). The molecule has 0 aliphatic heterocycles. The minimum absolute atomic E-state index is 0.0853. The maximum atomic E-state index is 12.8. The lowest BCUT2D eigenvalue weighted by atomic mass is 10.2. The van der Waals surface area contributed by atoms with Gasteiger partial charge < -0.3 is 15.7 Å². The lowest BCUT2D eigenvalue weighted by Gasteiger charge is -2.02. The molecule has 2 aromatic rings. The highest BCUT2D eigenvalue weighted by molar-refractivity contribution is 5.75. The van der Waals surface area contributed by atoms with E-state index in [0.29, 0.717) is 6.54 Å². The van der Waals surface area contributed by atoms with Gasteiger partial charge >= 0.3 is 0 Å². The average Bonchev–Trinajstić information content (AvgIpc) is 2.98. The maximum absolute atomic E-state index is 12.8. The number of benzene rings is 1. The summed E-state index contributed by atoms with van der Waals surface area (Å²) in [7, 11) is 0. The number of amides is 1. The van der Waals surface area contributed by atoms with Crippen LogP contribution in [0.3, 0.4) is 0 Å². The van der Waals surface area contributed by atoms with Crippen LogP contribution in [-0.2, 0) is 11.3 Å². The molecule has 0 atom stereocenters. The molecule has 1 aromatic carbocycles. The highest BCUT2D eigenvalue weighted by Crippen LogP contribution is 2.06. The number of aromatic nitrogens is 2. The summed E-state index contributed by atoms with van der Waals surface area (Å²) in [5.74, 6) is -0.458. The Balaban J connectivity index is 1.76. The van der Waals surface area contributed by atoms with Crippen molar-refractivity contribution in [1.82, 2.24) is 15.1 Å². The first-order valence-corrected chi connectivity index (χ1v) is 7.23. The molecule has 0 bridgehead atoms. The molecule has 1 amide bonds. The molecule has 6 nitrogen and oxygen atoms in total. The number of nitrogens with zero attached hydrogens (tertiary/aromatic N) is 2. The van der Waals surface area contributed by atoms with E-state index in [0.717, 1.165) is 11.3 Å². The molecule has 0 aliphatic rings. The summed E-state index contributed by atoms with van der Waals surface area (Å²) in [5.41, 5.74) is 1.72. The number of anilines is 1. The van der Waals surface area contributed by atoms with Gasteiger partial charge in [-0.05, 0) is 17.7 Å². The number of carbonyl (C=O) groups excluding carboxylic acids is 1. The Hall–Kier alpha value is -2.67. The molecule has 122 valence electrons. The summed E-state index contributed by atoms with van der Waals surface area (Å²) in [6.45, 7) is 0.838. The SMILES string of the molecule is O=C(Cn1cc(NC/C=C/c2ccc(F)cc2)cn1)NCCO. The number of nitrogens with one attached hydrogen (secondary N) is 2. The molecule has 0 unspecified atom stereocenters. The van der Waals surface area contributed by atoms with Crippen molar-refractivity contribution in [2.45, 2.75) is 6.54 Å². The Bertz CT molecular complexity index is 652. The van der Waals surface area contributed by atoms with Crippen molar-refractivity contribution in [3.8, 4) is 0 Å². The summed E-state index contributed by atoms with van der Waals surface area (Å²) < 4.78 is 14.3. The van der Waals surface area contributed by atoms with Crippen LogP contribution in [0.1, 0.15) is 5.56 Å². The Morgan fingerprint density at radius 3 is 2.87 bits per heavy atom. The molecule has 0 radical (unpaired) electrons. The molecule has 23 heavy (non-hydrogen) atoms. The lowest BCUT2D eigenvalue weighted by Crippen LogP contribution is -2.30. The number of aliphatic hydroxyl groups excluding tert-OH is 1. The third-order valence-electron chi connectivity index (χ3n) is 2.98. The van der Waals surface area contributed by atoms with Gasteiger partial charge in [0.25, 0.3) is 0 Å². The molecule has 0 fully saturated rings. The largest absolute Gasteiger partial charge is 0.395 e. The van der Waals surface area contributed by atoms with E-state index in [1.807, 2.05) is 12.2 Å². The highest BCUT2D eigenvalue weighted by Gasteiger charge is 2.03. The normalized spacial score (nSPS) is 10.9. The van der Waals surface area contributed by atoms with Crippen molar-refractivity contribution in [1.29, 1.82) is 0 Å². The van der Waals surface area contributed by atoms with E-state index in [1.54, 1.807) is 24.5 Å². The van der Waals surface area contributed by atoms with Gasteiger partial charge in [0.05, 0.1) is 18.5 Å². The fourth-order valence-corrected chi connectivity index (χ4v) is 1.89. The van der Waals surface area contributed by atoms with E-state index in [2.05, 4.69) is 15.7 Å². The summed E-state index contributed by atoms with van der Waals surface area (Å²) in [4.78, 5) is 11.5. The molecule has 0 saturated carbocycles. The van der Waals surface area contributed by atoms with Gasteiger partial charge in [-0.2, -0.15) is 5.10 Å². The summed E-state index contributed by atoms with van der Waals surface area (Å²) >= 11 is 0. The standard InChI is InChI=1S/C16H19FN4O2/c17-14-5-3-13(4-6-14)2-1-7-18-15-10-20-21(11-15)12-16(23)19-8-9-22/h1-6,10-11,18,22H,7-9,12H2,(H,19,23)/b2-1+. The van der Waals surface area contributed by atoms with Gasteiger partial charge in [-0.15, -0.1) is 0 Å². The fourth-order valence-electron chi connectivity index (χ4n) is 1.89. The van der Waals surface area contributed by atoms with Crippen molar-refractivity contribution in [2.75, 3.05) is 25.0 Å². The van der Waals surface area contributed by atoms with Crippen molar-refractivity contribution in [3.63, 3.8) is 0 Å². The number of hydrogen-bond acceptors (Lipinski definition) is 4. The van der Waals surface area contributed by atoms with Gasteiger partial charge in [0.15, 0.2) is 0 Å². The third-order valence-corrected chi connectivity index (χ3v) is 2.98. The van der Waals surface area contributed by atoms with Crippen molar-refractivity contribution in [3.05, 3.63) is 54.1 Å². The average molecular weight is 318 g/mol. The zero-order chi connectivity index (χ0) is 16.5. The van der Waals surface area contributed by atoms with E-state index in [-0.39, 0.29) is 31.4 Å². The van der Waals surface area contributed by atoms with E-state index in [1.165, 1.54) is 16.8 Å². The Morgan fingerprint density at radius 2 is 2.13 bits per heavy atom. The maximum Gasteiger partial charge on any atom is 0.241 e. The van der Waals surface area contributed by atoms with Crippen LogP contribution in [0, 0.1) is 5.82 Å². The van der Waals surface area contributed by atoms with E-state index in [9.17, 15) is 9.18 Å². The zero-order valence-electron chi connectivity index (χ0n) is 12.6. The van der Waals surface area contributed by atoms with Crippen LogP contribution in [0.5, 0.6) is 0 Å². The molecule has 0 aliphatic carbocycles. The molecule has 1 heterocycles. The predicted molar refractivity (Wildman–Crippen MR) is 86.2 cm³/mol. The highest BCUT2D eigenvalue weighted by atomic mass is 19.1. The third kappa shape index (κ3) is 5.91. The van der Waals surface area contributed by atoms with Crippen LogP contribution >= 0.6 is 0 Å². The second kappa shape index (κ2) is 8.70. The molecular formula is C16H19FN4O2. The second-order valence-corrected chi connectivity index (χ2v) is 4.83. The molecular weight excluding hydrogens is 299 g/mol. The number of hydrogen-bond donors (Lipinski definition) is 3. The van der Waals surface area contributed by atoms with Crippen molar-refractivity contribution < 1.29 is 14.3 Å². The van der Waals surface area contributed by atoms with Crippen LogP contribution < -0.4 is 10.6 Å². The van der Waals surface area contributed by atoms with Gasteiger partial charge in [-0.3, -0.25) is 9.48 Å². The monoisotopic (exact) mass is 318 g/mol. The zero-order valence-corrected chi connectivity index (χ0v) is 12.6. The van der Waals surface area contributed by atoms with Gasteiger partial charge in [-0.1, -0.05) is 24.3 Å². The molecule has 0 spiro atoms. The van der Waals surface area contributed by atoms with Gasteiger partial charge in [0.1, 0.15) is 12.4 Å². The Morgan fingerprint density at radius 1 is 1.35 bits per heavy atom. The van der Waals surface area contributed by atoms with Crippen LogP contribution in [0.25, 0.3) is 6.08 Å². The summed E-state index contributed by atoms with van der Waals surface area (Å²) in [5, 5.41) is 18.4. The van der Waals surface area contributed by atoms with Crippen LogP contribution in [0.4, 0.5) is 10.1 Å². The Kier molecular flexibility index (Phi) is 6.31. The Labute approximate surface area is 133 Å². The molecule has 0 saturated heterocycles. The molecule has 3 N–H and O–H groups in total. The number of aliphatic hydroxyl groups is 1. The van der Waals surface area contributed by atoms with E-state index < -0.39 is 0 Å². The van der Waals surface area contributed by atoms with Crippen molar-refractivity contribution in [2.24, 2.45) is 0 Å². The quantitative estimate of drug-likeness (QED) is 0.684. The predicted octanol–water partition coefficient (Wildman–Crippen LogP) is 1.26. The van der Waals surface area contributed by atoms with Crippen LogP contribution in [0.15, 0.2) is 42.7 Å². The lowest BCUT2D eigenvalue weighted by molar-refractivity contribution is -0.122. The van der Waals surface area contributed by atoms with E-state index >= 15 is 0 Å². The first-order chi connectivity index (χ1) is 11.2. The number of rotatable bonds is 8. The van der Waals surface area contributed by atoms with E-state index in [4.69, 9.17) is 5.11 Å². The summed E-state index contributed by atoms with van der Waals surface area (Å²) in [6.07, 6.45) is 7.16. The first kappa shape index (κ1) is 16.7. The summed E-state index contributed by atoms with van der Waals surface area (Å²) in [6, 6.07) is 6.24. The second-order valence-electron chi connectivity index (χ2n) is 4.83. The number of halogens is 1. The minimum Gasteiger partial charge on any atom is -0.395 e. The molecule has 1 aromatic heterocycles. The fraction of sp³-hybridized carbons (Fsp3) is 0.250. The number of carbonyl (C=O) groups is 1. The van der Waals surface area contributed by atoms with Gasteiger partial charge in [0.2, 0.25) is 5.91 Å². The minimum atomic E-state index is -0.254. The molecule has 7 heteroatoms. The van der Waals surface area contributed by atoms with Gasteiger partial charge in [0, 0.05) is 19.3 Å². The topological polar surface area (TPSA) is 79.2 Å². The van der Waals surface area contributed by atoms with Crippen LogP contribution in [0.2, 0.25) is 0 Å². The smallest absolute Gasteiger partial charge is 0.241 e. The van der Waals surface area contributed by atoms with Crippen LogP contribution in [-0.4, -0.2) is 40.5 Å². The van der Waals surface area contributed by atoms with Crippen molar-refractivity contribution >= 4 is 17.7 Å². The first-order valence-electron chi connectivity index (χ1n) is 7.23. The van der Waals surface area contributed by atoms with Gasteiger partial charge in [-0.25, -0.2) is 4.39 Å².